The van der Waals surface area contributed by atoms with Crippen LogP contribution >= 0.6 is 11.6 Å². The molecule has 0 saturated heterocycles. The number of hydrogen-bond donors (Lipinski definition) is 2. The number of aromatic amines is 1. The number of carbonyl (C=O) groups excluding carboxylic acids is 1. The summed E-state index contributed by atoms with van der Waals surface area (Å²) in [4.78, 5) is 15.7. The Morgan fingerprint density at radius 1 is 1.32 bits per heavy atom. The van der Waals surface area contributed by atoms with E-state index in [1.807, 2.05) is 0 Å². The van der Waals surface area contributed by atoms with Crippen LogP contribution in [0.4, 0.5) is 4.39 Å². The molecule has 0 aliphatic heterocycles. The van der Waals surface area contributed by atoms with Crippen molar-refractivity contribution in [2.24, 2.45) is 0 Å². The van der Waals surface area contributed by atoms with E-state index in [0.29, 0.717) is 38.4 Å². The molecule has 0 spiro atoms. The molecule has 4 nitrogen and oxygen atoms in total. The van der Waals surface area contributed by atoms with Crippen LogP contribution in [0.5, 0.6) is 5.75 Å². The zero-order valence-electron chi connectivity index (χ0n) is 13.6. The van der Waals surface area contributed by atoms with Crippen molar-refractivity contribution in [3.63, 3.8) is 0 Å². The van der Waals surface area contributed by atoms with Gasteiger partial charge in [0, 0.05) is 39.7 Å². The minimum Gasteiger partial charge on any atom is -0.491 e. The third kappa shape index (κ3) is 3.52. The highest BCUT2D eigenvalue weighted by Gasteiger charge is 2.17. The Bertz CT molecular complexity index is 936. The lowest BCUT2D eigenvalue weighted by molar-refractivity contribution is 0.0993. The number of carbonyl (C=O) groups is 1. The molecule has 25 heavy (non-hydrogen) atoms. The van der Waals surface area contributed by atoms with Crippen LogP contribution in [0.2, 0.25) is 5.02 Å². The second kappa shape index (κ2) is 7.25. The highest BCUT2D eigenvalue weighted by atomic mass is 35.5. The number of rotatable bonds is 6. The van der Waals surface area contributed by atoms with Crippen molar-refractivity contribution in [2.45, 2.75) is 13.3 Å². The molecule has 2 N–H and O–H groups in total. The van der Waals surface area contributed by atoms with E-state index < -0.39 is 0 Å². The van der Waals surface area contributed by atoms with Crippen LogP contribution in [-0.2, 0) is 6.42 Å². The van der Waals surface area contributed by atoms with E-state index in [1.54, 1.807) is 37.4 Å². The van der Waals surface area contributed by atoms with Crippen LogP contribution in [0.3, 0.4) is 0 Å². The molecule has 3 aromatic rings. The lowest BCUT2D eigenvalue weighted by Crippen LogP contribution is -2.08. The SMILES string of the molecule is Cc1c(F)ccc2c(C(=O)Cc3ccc(Cl)cc3OCCO)c[nH]c12. The van der Waals surface area contributed by atoms with Crippen molar-refractivity contribution < 1.29 is 19.0 Å². The van der Waals surface area contributed by atoms with Crippen molar-refractivity contribution >= 4 is 28.3 Å². The fourth-order valence-electron chi connectivity index (χ4n) is 2.78. The molecular formula is C19H17ClFNO3. The largest absolute Gasteiger partial charge is 0.491 e. The number of aliphatic hydroxyl groups excluding tert-OH is 1. The summed E-state index contributed by atoms with van der Waals surface area (Å²) < 4.78 is 19.1. The zero-order valence-corrected chi connectivity index (χ0v) is 14.4. The van der Waals surface area contributed by atoms with Gasteiger partial charge in [-0.2, -0.15) is 0 Å². The number of ketones is 1. The van der Waals surface area contributed by atoms with Gasteiger partial charge in [0.2, 0.25) is 0 Å². The maximum absolute atomic E-state index is 13.7. The second-order valence-electron chi connectivity index (χ2n) is 5.72. The van der Waals surface area contributed by atoms with Gasteiger partial charge in [-0.3, -0.25) is 4.79 Å². The number of aryl methyl sites for hydroxylation is 1. The fraction of sp³-hybridized carbons (Fsp3) is 0.211. The summed E-state index contributed by atoms with van der Waals surface area (Å²) in [6.07, 6.45) is 1.71. The third-order valence-electron chi connectivity index (χ3n) is 4.08. The molecule has 1 heterocycles. The predicted molar refractivity (Wildman–Crippen MR) is 95.1 cm³/mol. The number of Topliss-reactive ketones (excluding diaryl/α,β-unsaturated/α-hetero) is 1. The van der Waals surface area contributed by atoms with Gasteiger partial charge in [0.15, 0.2) is 5.78 Å². The van der Waals surface area contributed by atoms with Gasteiger partial charge in [0.05, 0.1) is 12.1 Å². The van der Waals surface area contributed by atoms with Gasteiger partial charge in [-0.25, -0.2) is 4.39 Å². The maximum atomic E-state index is 13.7. The molecule has 6 heteroatoms. The normalized spacial score (nSPS) is 11.0. The number of nitrogens with one attached hydrogen (secondary N) is 1. The number of benzene rings is 2. The Balaban J connectivity index is 1.92. The summed E-state index contributed by atoms with van der Waals surface area (Å²) in [6, 6.07) is 8.00. The second-order valence-corrected chi connectivity index (χ2v) is 6.16. The van der Waals surface area contributed by atoms with Gasteiger partial charge >= 0.3 is 0 Å². The van der Waals surface area contributed by atoms with Crippen molar-refractivity contribution in [1.82, 2.24) is 4.98 Å². The van der Waals surface area contributed by atoms with Crippen molar-refractivity contribution in [2.75, 3.05) is 13.2 Å². The smallest absolute Gasteiger partial charge is 0.169 e. The molecule has 1 aromatic heterocycles. The molecule has 0 bridgehead atoms. The Kier molecular flexibility index (Phi) is 5.06. The van der Waals surface area contributed by atoms with E-state index >= 15 is 0 Å². The number of hydrogen-bond acceptors (Lipinski definition) is 3. The summed E-state index contributed by atoms with van der Waals surface area (Å²) in [5.74, 6) is 0.0381. The monoisotopic (exact) mass is 361 g/mol. The molecule has 2 aromatic carbocycles. The highest BCUT2D eigenvalue weighted by Crippen LogP contribution is 2.28. The summed E-state index contributed by atoms with van der Waals surface area (Å²) >= 11 is 5.97. The Morgan fingerprint density at radius 2 is 2.12 bits per heavy atom. The van der Waals surface area contributed by atoms with E-state index in [2.05, 4.69) is 4.98 Å². The molecule has 0 saturated carbocycles. The number of H-pyrrole nitrogens is 1. The molecule has 0 radical (unpaired) electrons. The maximum Gasteiger partial charge on any atom is 0.169 e. The number of aromatic nitrogens is 1. The number of aliphatic hydroxyl groups is 1. The molecule has 0 unspecified atom stereocenters. The molecule has 3 rings (SSSR count). The fourth-order valence-corrected chi connectivity index (χ4v) is 2.94. The van der Waals surface area contributed by atoms with Crippen molar-refractivity contribution in [3.05, 3.63) is 64.1 Å². The van der Waals surface area contributed by atoms with Crippen LogP contribution in [0.25, 0.3) is 10.9 Å². The Morgan fingerprint density at radius 3 is 2.88 bits per heavy atom. The molecule has 0 amide bonds. The number of halogens is 2. The number of fused-ring (bicyclic) bond motifs is 1. The van der Waals surface area contributed by atoms with E-state index in [-0.39, 0.29) is 31.2 Å². The lowest BCUT2D eigenvalue weighted by atomic mass is 10.0. The van der Waals surface area contributed by atoms with Gasteiger partial charge in [0.1, 0.15) is 18.2 Å². The van der Waals surface area contributed by atoms with Gasteiger partial charge in [-0.1, -0.05) is 17.7 Å². The summed E-state index contributed by atoms with van der Waals surface area (Å²) in [5, 5.41) is 10.1. The Hall–Kier alpha value is -2.37. The van der Waals surface area contributed by atoms with Crippen molar-refractivity contribution in [3.8, 4) is 5.75 Å². The van der Waals surface area contributed by atoms with Crippen LogP contribution < -0.4 is 4.74 Å². The van der Waals surface area contributed by atoms with Gasteiger partial charge < -0.3 is 14.8 Å². The van der Waals surface area contributed by atoms with Gasteiger partial charge in [-0.15, -0.1) is 0 Å². The molecule has 0 aliphatic rings. The minimum absolute atomic E-state index is 0.112. The Labute approximate surface area is 149 Å². The molecule has 0 atom stereocenters. The van der Waals surface area contributed by atoms with Crippen LogP contribution in [0.15, 0.2) is 36.5 Å². The first-order valence-corrected chi connectivity index (χ1v) is 8.20. The first-order valence-electron chi connectivity index (χ1n) is 7.82. The van der Waals surface area contributed by atoms with Crippen LogP contribution in [0, 0.1) is 12.7 Å². The van der Waals surface area contributed by atoms with Gasteiger partial charge in [-0.05, 0) is 31.2 Å². The quantitative estimate of drug-likeness (QED) is 0.651. The van der Waals surface area contributed by atoms with E-state index in [1.165, 1.54) is 6.07 Å². The molecule has 130 valence electrons. The molecular weight excluding hydrogens is 345 g/mol. The first kappa shape index (κ1) is 17.5. The lowest BCUT2D eigenvalue weighted by Gasteiger charge is -2.10. The average molecular weight is 362 g/mol. The minimum atomic E-state index is -0.314. The van der Waals surface area contributed by atoms with Crippen LogP contribution in [0.1, 0.15) is 21.5 Å². The first-order chi connectivity index (χ1) is 12.0. The van der Waals surface area contributed by atoms with Gasteiger partial charge in [0.25, 0.3) is 0 Å². The van der Waals surface area contributed by atoms with Crippen molar-refractivity contribution in [1.29, 1.82) is 0 Å². The summed E-state index contributed by atoms with van der Waals surface area (Å²) in [5.41, 5.74) is 2.28. The standard InChI is InChI=1S/C19H17ClFNO3/c1-11-16(21)5-4-14-15(10-22-19(11)14)17(24)8-12-2-3-13(20)9-18(12)25-7-6-23/h2-5,9-10,22-23H,6-8H2,1H3. The van der Waals surface area contributed by atoms with E-state index in [0.717, 1.165) is 0 Å². The number of ether oxygens (including phenoxy) is 1. The third-order valence-corrected chi connectivity index (χ3v) is 4.31. The predicted octanol–water partition coefficient (Wildman–Crippen LogP) is 4.07. The van der Waals surface area contributed by atoms with Crippen LogP contribution in [-0.4, -0.2) is 29.1 Å². The highest BCUT2D eigenvalue weighted by molar-refractivity contribution is 6.30. The summed E-state index contributed by atoms with van der Waals surface area (Å²) in [7, 11) is 0. The average Bonchev–Trinajstić information content (AvgIpc) is 3.03. The topological polar surface area (TPSA) is 62.3 Å². The molecule has 0 aliphatic carbocycles. The summed E-state index contributed by atoms with van der Waals surface area (Å²) in [6.45, 7) is 1.66. The molecule has 0 fully saturated rings. The van der Waals surface area contributed by atoms with E-state index in [4.69, 9.17) is 21.4 Å². The van der Waals surface area contributed by atoms with E-state index in [9.17, 15) is 9.18 Å². The zero-order chi connectivity index (χ0) is 18.0.